The van der Waals surface area contributed by atoms with Crippen molar-refractivity contribution in [2.45, 2.75) is 31.9 Å². The molecule has 0 aliphatic carbocycles. The Kier molecular flexibility index (Phi) is 5.43. The highest BCUT2D eigenvalue weighted by molar-refractivity contribution is 5.74. The number of ether oxygens (including phenoxy) is 1. The van der Waals surface area contributed by atoms with Crippen LogP contribution in [0.2, 0.25) is 0 Å². The van der Waals surface area contributed by atoms with Crippen LogP contribution in [0.1, 0.15) is 29.3 Å². The number of aryl methyl sites for hydroxylation is 1. The fourth-order valence-electron chi connectivity index (χ4n) is 2.89. The van der Waals surface area contributed by atoms with Crippen LogP contribution in [0.25, 0.3) is 0 Å². The van der Waals surface area contributed by atoms with Crippen LogP contribution in [0.15, 0.2) is 48.7 Å². The van der Waals surface area contributed by atoms with E-state index >= 15 is 0 Å². The minimum atomic E-state index is -0.147. The molecule has 0 radical (unpaired) electrons. The third-order valence-electron chi connectivity index (χ3n) is 4.21. The van der Waals surface area contributed by atoms with Gasteiger partial charge in [-0.15, -0.1) is 0 Å². The summed E-state index contributed by atoms with van der Waals surface area (Å²) in [5.41, 5.74) is 3.22. The molecular weight excluding hydrogens is 302 g/mol. The van der Waals surface area contributed by atoms with Gasteiger partial charge in [0.25, 0.3) is 0 Å². The maximum Gasteiger partial charge on any atom is 0.315 e. The summed E-state index contributed by atoms with van der Waals surface area (Å²) in [7, 11) is 0. The van der Waals surface area contributed by atoms with E-state index in [2.05, 4.69) is 15.6 Å². The highest BCUT2D eigenvalue weighted by Crippen LogP contribution is 2.28. The number of urea groups is 1. The minimum Gasteiger partial charge on any atom is -0.371 e. The van der Waals surface area contributed by atoms with Crippen LogP contribution in [0.5, 0.6) is 0 Å². The SMILES string of the molecule is Cc1ccc(CCNC(=O)N[C@H]2CCO[C@H]2c2ccccc2)cn1. The molecule has 1 aromatic carbocycles. The van der Waals surface area contributed by atoms with Gasteiger partial charge < -0.3 is 15.4 Å². The van der Waals surface area contributed by atoms with Crippen LogP contribution in [0.3, 0.4) is 0 Å². The summed E-state index contributed by atoms with van der Waals surface area (Å²) in [5, 5.41) is 5.94. The standard InChI is InChI=1S/C19H23N3O2/c1-14-7-8-15(13-21-14)9-11-20-19(23)22-17-10-12-24-18(17)16-5-3-2-4-6-16/h2-8,13,17-18H,9-12H2,1H3,(H2,20,22,23)/t17-,18-/m0/s1. The van der Waals surface area contributed by atoms with E-state index in [0.29, 0.717) is 13.2 Å². The lowest BCUT2D eigenvalue weighted by Crippen LogP contribution is -2.43. The zero-order valence-electron chi connectivity index (χ0n) is 13.9. The van der Waals surface area contributed by atoms with Gasteiger partial charge in [0.15, 0.2) is 0 Å². The van der Waals surface area contributed by atoms with Gasteiger partial charge in [0.05, 0.1) is 6.04 Å². The summed E-state index contributed by atoms with van der Waals surface area (Å²) in [6.07, 6.45) is 3.38. The molecule has 1 aliphatic rings. The lowest BCUT2D eigenvalue weighted by atomic mass is 10.0. The average molecular weight is 325 g/mol. The van der Waals surface area contributed by atoms with E-state index < -0.39 is 0 Å². The molecule has 2 N–H and O–H groups in total. The van der Waals surface area contributed by atoms with Gasteiger partial charge in [0.1, 0.15) is 6.10 Å². The molecule has 1 saturated heterocycles. The normalized spacial score (nSPS) is 19.9. The van der Waals surface area contributed by atoms with Crippen molar-refractivity contribution in [3.63, 3.8) is 0 Å². The molecule has 2 atom stereocenters. The molecule has 126 valence electrons. The Hall–Kier alpha value is -2.40. The fourth-order valence-corrected chi connectivity index (χ4v) is 2.89. The van der Waals surface area contributed by atoms with Gasteiger partial charge in [0, 0.05) is 25.0 Å². The highest BCUT2D eigenvalue weighted by Gasteiger charge is 2.30. The van der Waals surface area contributed by atoms with E-state index in [1.165, 1.54) is 0 Å². The quantitative estimate of drug-likeness (QED) is 0.888. The highest BCUT2D eigenvalue weighted by atomic mass is 16.5. The van der Waals surface area contributed by atoms with Crippen molar-refractivity contribution in [2.75, 3.05) is 13.2 Å². The molecule has 1 aromatic heterocycles. The van der Waals surface area contributed by atoms with Gasteiger partial charge >= 0.3 is 6.03 Å². The second kappa shape index (κ2) is 7.93. The predicted molar refractivity (Wildman–Crippen MR) is 92.8 cm³/mol. The van der Waals surface area contributed by atoms with Crippen LogP contribution < -0.4 is 10.6 Å². The van der Waals surface area contributed by atoms with Gasteiger partial charge in [0.2, 0.25) is 0 Å². The Morgan fingerprint density at radius 2 is 2.08 bits per heavy atom. The number of hydrogen-bond acceptors (Lipinski definition) is 3. The second-order valence-corrected chi connectivity index (χ2v) is 6.06. The Bertz CT molecular complexity index is 658. The summed E-state index contributed by atoms with van der Waals surface area (Å²) >= 11 is 0. The summed E-state index contributed by atoms with van der Waals surface area (Å²) in [5.74, 6) is 0. The number of aromatic nitrogens is 1. The number of rotatable bonds is 5. The van der Waals surface area contributed by atoms with Crippen molar-refractivity contribution < 1.29 is 9.53 Å². The first kappa shape index (κ1) is 16.5. The number of nitrogens with one attached hydrogen (secondary N) is 2. The van der Waals surface area contributed by atoms with E-state index in [-0.39, 0.29) is 18.2 Å². The van der Waals surface area contributed by atoms with Gasteiger partial charge in [-0.2, -0.15) is 0 Å². The van der Waals surface area contributed by atoms with Crippen molar-refractivity contribution in [3.05, 3.63) is 65.5 Å². The summed E-state index contributed by atoms with van der Waals surface area (Å²) in [6.45, 7) is 3.21. The molecule has 0 saturated carbocycles. The summed E-state index contributed by atoms with van der Waals surface area (Å²) in [4.78, 5) is 16.4. The summed E-state index contributed by atoms with van der Waals surface area (Å²) in [6, 6.07) is 13.9. The molecule has 5 heteroatoms. The van der Waals surface area contributed by atoms with E-state index in [1.54, 1.807) is 0 Å². The number of carbonyl (C=O) groups excluding carboxylic acids is 1. The molecular formula is C19H23N3O2. The molecule has 24 heavy (non-hydrogen) atoms. The first-order chi connectivity index (χ1) is 11.7. The number of hydrogen-bond donors (Lipinski definition) is 2. The minimum absolute atomic E-state index is 0.00782. The molecule has 0 unspecified atom stereocenters. The fraction of sp³-hybridized carbons (Fsp3) is 0.368. The largest absolute Gasteiger partial charge is 0.371 e. The molecule has 3 rings (SSSR count). The maximum atomic E-state index is 12.1. The predicted octanol–water partition coefficient (Wildman–Crippen LogP) is 2.76. The molecule has 0 bridgehead atoms. The van der Waals surface area contributed by atoms with Crippen LogP contribution in [0, 0.1) is 6.92 Å². The number of benzene rings is 1. The van der Waals surface area contributed by atoms with Crippen molar-refractivity contribution in [2.24, 2.45) is 0 Å². The molecule has 1 fully saturated rings. The Balaban J connectivity index is 1.46. The third-order valence-corrected chi connectivity index (χ3v) is 4.21. The Morgan fingerprint density at radius 3 is 2.83 bits per heavy atom. The van der Waals surface area contributed by atoms with Crippen molar-refractivity contribution in [1.29, 1.82) is 0 Å². The van der Waals surface area contributed by atoms with Crippen LogP contribution >= 0.6 is 0 Å². The van der Waals surface area contributed by atoms with Crippen molar-refractivity contribution in [1.82, 2.24) is 15.6 Å². The smallest absolute Gasteiger partial charge is 0.315 e. The monoisotopic (exact) mass is 325 g/mol. The lowest BCUT2D eigenvalue weighted by Gasteiger charge is -2.20. The number of amides is 2. The summed E-state index contributed by atoms with van der Waals surface area (Å²) < 4.78 is 5.79. The number of carbonyl (C=O) groups is 1. The first-order valence-corrected chi connectivity index (χ1v) is 8.35. The zero-order chi connectivity index (χ0) is 16.8. The van der Waals surface area contributed by atoms with E-state index in [1.807, 2.05) is 55.6 Å². The molecule has 1 aliphatic heterocycles. The Labute approximate surface area is 142 Å². The molecule has 2 amide bonds. The molecule has 5 nitrogen and oxygen atoms in total. The van der Waals surface area contributed by atoms with Gasteiger partial charge in [-0.05, 0) is 37.0 Å². The number of nitrogens with zero attached hydrogens (tertiary/aromatic N) is 1. The van der Waals surface area contributed by atoms with E-state index in [9.17, 15) is 4.79 Å². The zero-order valence-corrected chi connectivity index (χ0v) is 13.9. The van der Waals surface area contributed by atoms with Crippen LogP contribution in [-0.4, -0.2) is 30.2 Å². The Morgan fingerprint density at radius 1 is 1.25 bits per heavy atom. The maximum absolute atomic E-state index is 12.1. The topological polar surface area (TPSA) is 63.2 Å². The van der Waals surface area contributed by atoms with Crippen LogP contribution in [0.4, 0.5) is 4.79 Å². The number of pyridine rings is 1. The molecule has 2 aromatic rings. The van der Waals surface area contributed by atoms with Gasteiger partial charge in [-0.25, -0.2) is 4.79 Å². The molecule has 2 heterocycles. The second-order valence-electron chi connectivity index (χ2n) is 6.06. The van der Waals surface area contributed by atoms with Crippen molar-refractivity contribution >= 4 is 6.03 Å². The van der Waals surface area contributed by atoms with Gasteiger partial charge in [-0.1, -0.05) is 36.4 Å². The lowest BCUT2D eigenvalue weighted by molar-refractivity contribution is 0.0999. The first-order valence-electron chi connectivity index (χ1n) is 8.35. The van der Waals surface area contributed by atoms with Crippen molar-refractivity contribution in [3.8, 4) is 0 Å². The third kappa shape index (κ3) is 4.32. The van der Waals surface area contributed by atoms with Crippen LogP contribution in [-0.2, 0) is 11.2 Å². The van der Waals surface area contributed by atoms with E-state index in [4.69, 9.17) is 4.74 Å². The van der Waals surface area contributed by atoms with Gasteiger partial charge in [-0.3, -0.25) is 4.98 Å². The average Bonchev–Trinajstić information content (AvgIpc) is 3.05. The van der Waals surface area contributed by atoms with E-state index in [0.717, 1.165) is 29.7 Å². The molecule has 0 spiro atoms.